The SMILES string of the molecule is FC(F)(F)c1ccc(/C=C/CN2CCNCC2)cc1. The van der Waals surface area contributed by atoms with Crippen molar-refractivity contribution in [3.8, 4) is 0 Å². The first-order valence-corrected chi connectivity index (χ1v) is 6.32. The third-order valence-corrected chi connectivity index (χ3v) is 3.12. The quantitative estimate of drug-likeness (QED) is 0.908. The highest BCUT2D eigenvalue weighted by Crippen LogP contribution is 2.29. The lowest BCUT2D eigenvalue weighted by atomic mass is 10.1. The van der Waals surface area contributed by atoms with Crippen LogP contribution >= 0.6 is 0 Å². The molecule has 1 aromatic carbocycles. The van der Waals surface area contributed by atoms with Gasteiger partial charge in [0.15, 0.2) is 0 Å². The fourth-order valence-corrected chi connectivity index (χ4v) is 2.01. The third-order valence-electron chi connectivity index (χ3n) is 3.12. The van der Waals surface area contributed by atoms with Crippen LogP contribution in [0.3, 0.4) is 0 Å². The molecule has 1 N–H and O–H groups in total. The lowest BCUT2D eigenvalue weighted by Gasteiger charge is -2.25. The van der Waals surface area contributed by atoms with E-state index in [1.54, 1.807) is 0 Å². The van der Waals surface area contributed by atoms with E-state index in [0.717, 1.165) is 50.4 Å². The van der Waals surface area contributed by atoms with Crippen molar-refractivity contribution in [1.29, 1.82) is 0 Å². The Balaban J connectivity index is 1.88. The van der Waals surface area contributed by atoms with Crippen LogP contribution < -0.4 is 5.32 Å². The Labute approximate surface area is 110 Å². The molecular weight excluding hydrogens is 253 g/mol. The summed E-state index contributed by atoms with van der Waals surface area (Å²) in [6.45, 7) is 4.85. The first kappa shape index (κ1) is 14.1. The van der Waals surface area contributed by atoms with Crippen LogP contribution in [0.2, 0.25) is 0 Å². The number of hydrogen-bond acceptors (Lipinski definition) is 2. The van der Waals surface area contributed by atoms with Gasteiger partial charge in [0.05, 0.1) is 5.56 Å². The van der Waals surface area contributed by atoms with Crippen molar-refractivity contribution in [2.45, 2.75) is 6.18 Å². The van der Waals surface area contributed by atoms with Crippen molar-refractivity contribution < 1.29 is 13.2 Å². The zero-order valence-corrected chi connectivity index (χ0v) is 10.6. The van der Waals surface area contributed by atoms with Crippen LogP contribution in [0.1, 0.15) is 11.1 Å². The Hall–Kier alpha value is -1.33. The monoisotopic (exact) mass is 270 g/mol. The Bertz CT molecular complexity index is 417. The maximum absolute atomic E-state index is 12.4. The van der Waals surface area contributed by atoms with E-state index in [-0.39, 0.29) is 0 Å². The van der Waals surface area contributed by atoms with E-state index in [1.165, 1.54) is 12.1 Å². The summed E-state index contributed by atoms with van der Waals surface area (Å²) in [5.41, 5.74) is 0.190. The molecule has 0 saturated carbocycles. The minimum absolute atomic E-state index is 0.605. The van der Waals surface area contributed by atoms with Crippen LogP contribution in [0.15, 0.2) is 30.3 Å². The van der Waals surface area contributed by atoms with Gasteiger partial charge in [0.1, 0.15) is 0 Å². The molecule has 1 aromatic rings. The number of rotatable bonds is 3. The molecule has 5 heteroatoms. The lowest BCUT2D eigenvalue weighted by Crippen LogP contribution is -2.43. The van der Waals surface area contributed by atoms with Gasteiger partial charge in [-0.05, 0) is 17.7 Å². The molecule has 1 aliphatic rings. The van der Waals surface area contributed by atoms with Gasteiger partial charge in [-0.25, -0.2) is 0 Å². The highest BCUT2D eigenvalue weighted by atomic mass is 19.4. The minimum Gasteiger partial charge on any atom is -0.314 e. The van der Waals surface area contributed by atoms with Crippen molar-refractivity contribution in [3.63, 3.8) is 0 Å². The Morgan fingerprint density at radius 2 is 1.74 bits per heavy atom. The molecule has 0 bridgehead atoms. The molecule has 0 radical (unpaired) electrons. The number of benzene rings is 1. The van der Waals surface area contributed by atoms with Gasteiger partial charge < -0.3 is 5.32 Å². The van der Waals surface area contributed by atoms with Crippen molar-refractivity contribution in [2.75, 3.05) is 32.7 Å². The summed E-state index contributed by atoms with van der Waals surface area (Å²) in [7, 11) is 0. The highest BCUT2D eigenvalue weighted by Gasteiger charge is 2.29. The second-order valence-electron chi connectivity index (χ2n) is 4.57. The summed E-state index contributed by atoms with van der Waals surface area (Å²) < 4.78 is 37.2. The molecule has 1 heterocycles. The average molecular weight is 270 g/mol. The van der Waals surface area contributed by atoms with Gasteiger partial charge in [0, 0.05) is 32.7 Å². The number of hydrogen-bond donors (Lipinski definition) is 1. The van der Waals surface area contributed by atoms with E-state index in [4.69, 9.17) is 0 Å². The van der Waals surface area contributed by atoms with Crippen molar-refractivity contribution in [1.82, 2.24) is 10.2 Å². The fourth-order valence-electron chi connectivity index (χ4n) is 2.01. The summed E-state index contributed by atoms with van der Waals surface area (Å²) in [4.78, 5) is 2.30. The minimum atomic E-state index is -4.26. The number of halogens is 3. The molecule has 0 aromatic heterocycles. The molecule has 0 amide bonds. The van der Waals surface area contributed by atoms with Crippen molar-refractivity contribution in [3.05, 3.63) is 41.5 Å². The first-order valence-electron chi connectivity index (χ1n) is 6.32. The lowest BCUT2D eigenvalue weighted by molar-refractivity contribution is -0.137. The predicted octanol–water partition coefficient (Wildman–Crippen LogP) is 2.62. The van der Waals surface area contributed by atoms with E-state index in [1.807, 2.05) is 12.2 Å². The molecule has 1 fully saturated rings. The largest absolute Gasteiger partial charge is 0.416 e. The number of piperazine rings is 1. The van der Waals surface area contributed by atoms with Gasteiger partial charge in [-0.1, -0.05) is 24.3 Å². The number of nitrogens with zero attached hydrogens (tertiary/aromatic N) is 1. The van der Waals surface area contributed by atoms with E-state index in [9.17, 15) is 13.2 Å². The second kappa shape index (κ2) is 6.21. The maximum atomic E-state index is 12.4. The van der Waals surface area contributed by atoms with Crippen LogP contribution in [0.25, 0.3) is 6.08 Å². The molecule has 0 atom stereocenters. The summed E-state index contributed by atoms with van der Waals surface area (Å²) >= 11 is 0. The Morgan fingerprint density at radius 3 is 2.32 bits per heavy atom. The summed E-state index contributed by atoms with van der Waals surface area (Å²) in [6, 6.07) is 5.23. The molecule has 1 saturated heterocycles. The Kier molecular flexibility index (Phi) is 4.61. The normalized spacial score (nSPS) is 18.1. The molecule has 0 aliphatic carbocycles. The van der Waals surface area contributed by atoms with Gasteiger partial charge in [0.25, 0.3) is 0 Å². The average Bonchev–Trinajstić information content (AvgIpc) is 2.39. The van der Waals surface area contributed by atoms with Crippen molar-refractivity contribution >= 4 is 6.08 Å². The van der Waals surface area contributed by atoms with E-state index in [2.05, 4.69) is 10.2 Å². The van der Waals surface area contributed by atoms with E-state index in [0.29, 0.717) is 0 Å². The van der Waals surface area contributed by atoms with Crippen LogP contribution in [-0.2, 0) is 6.18 Å². The zero-order valence-electron chi connectivity index (χ0n) is 10.6. The van der Waals surface area contributed by atoms with E-state index < -0.39 is 11.7 Å². The van der Waals surface area contributed by atoms with Crippen LogP contribution in [-0.4, -0.2) is 37.6 Å². The van der Waals surface area contributed by atoms with Gasteiger partial charge >= 0.3 is 6.18 Å². The Morgan fingerprint density at radius 1 is 1.11 bits per heavy atom. The molecule has 104 valence electrons. The molecule has 2 rings (SSSR count). The fraction of sp³-hybridized carbons (Fsp3) is 0.429. The summed E-state index contributed by atoms with van der Waals surface area (Å²) in [6.07, 6.45) is -0.404. The molecular formula is C14H17F3N2. The van der Waals surface area contributed by atoms with Crippen LogP contribution in [0, 0.1) is 0 Å². The maximum Gasteiger partial charge on any atom is 0.416 e. The molecule has 19 heavy (non-hydrogen) atoms. The molecule has 0 unspecified atom stereocenters. The van der Waals surface area contributed by atoms with Gasteiger partial charge in [0.2, 0.25) is 0 Å². The smallest absolute Gasteiger partial charge is 0.314 e. The first-order chi connectivity index (χ1) is 9.05. The van der Waals surface area contributed by atoms with E-state index >= 15 is 0 Å². The number of nitrogens with one attached hydrogen (secondary N) is 1. The van der Waals surface area contributed by atoms with Crippen molar-refractivity contribution in [2.24, 2.45) is 0 Å². The predicted molar refractivity (Wildman–Crippen MR) is 69.8 cm³/mol. The number of alkyl halides is 3. The van der Waals surface area contributed by atoms with Gasteiger partial charge in [-0.15, -0.1) is 0 Å². The van der Waals surface area contributed by atoms with Gasteiger partial charge in [-0.2, -0.15) is 13.2 Å². The second-order valence-corrected chi connectivity index (χ2v) is 4.57. The van der Waals surface area contributed by atoms with Gasteiger partial charge in [-0.3, -0.25) is 4.90 Å². The summed E-state index contributed by atoms with van der Waals surface area (Å²) in [5, 5.41) is 3.27. The molecule has 2 nitrogen and oxygen atoms in total. The molecule has 1 aliphatic heterocycles. The standard InChI is InChI=1S/C14H17F3N2/c15-14(16,17)13-5-3-12(4-6-13)2-1-9-19-10-7-18-8-11-19/h1-6,18H,7-11H2/b2-1+. The van der Waals surface area contributed by atoms with Crippen LogP contribution in [0.4, 0.5) is 13.2 Å². The van der Waals surface area contributed by atoms with Crippen LogP contribution in [0.5, 0.6) is 0 Å². The topological polar surface area (TPSA) is 15.3 Å². The highest BCUT2D eigenvalue weighted by molar-refractivity contribution is 5.50. The third kappa shape index (κ3) is 4.36. The molecule has 0 spiro atoms. The summed E-state index contributed by atoms with van der Waals surface area (Å²) in [5.74, 6) is 0. The zero-order chi connectivity index (χ0) is 13.7.